The summed E-state index contributed by atoms with van der Waals surface area (Å²) < 4.78 is 22.7. The van der Waals surface area contributed by atoms with Gasteiger partial charge in [0.1, 0.15) is 6.04 Å². The van der Waals surface area contributed by atoms with E-state index in [-0.39, 0.29) is 17.9 Å². The van der Waals surface area contributed by atoms with Crippen molar-refractivity contribution in [2.75, 3.05) is 11.5 Å². The summed E-state index contributed by atoms with van der Waals surface area (Å²) in [5, 5.41) is 13.6. The fourth-order valence-electron chi connectivity index (χ4n) is 1.86. The number of sulfone groups is 1. The molecule has 1 heterocycles. The zero-order valence-electron chi connectivity index (χ0n) is 10.2. The van der Waals surface area contributed by atoms with E-state index in [1.54, 1.807) is 6.92 Å². The molecular formula is C10H18N2O5S. The highest BCUT2D eigenvalue weighted by molar-refractivity contribution is 7.91. The number of carboxylic acid groups (broad SMARTS) is 1. The Hall–Kier alpha value is -1.31. The molecule has 0 aromatic carbocycles. The minimum absolute atomic E-state index is 0.0791. The first-order chi connectivity index (χ1) is 8.34. The van der Waals surface area contributed by atoms with Crippen LogP contribution in [0.1, 0.15) is 26.2 Å². The lowest BCUT2D eigenvalue weighted by molar-refractivity contribution is -0.139. The van der Waals surface area contributed by atoms with Gasteiger partial charge in [-0.3, -0.25) is 0 Å². The van der Waals surface area contributed by atoms with Crippen molar-refractivity contribution < 1.29 is 23.1 Å². The fourth-order valence-corrected chi connectivity index (χ4v) is 3.50. The van der Waals surface area contributed by atoms with Gasteiger partial charge in [0.25, 0.3) is 0 Å². The average Bonchev–Trinajstić information content (AvgIpc) is 2.23. The Balaban J connectivity index is 2.47. The van der Waals surface area contributed by atoms with Crippen LogP contribution in [-0.2, 0) is 14.6 Å². The molecule has 1 saturated heterocycles. The number of amides is 2. The first-order valence-corrected chi connectivity index (χ1v) is 7.66. The van der Waals surface area contributed by atoms with E-state index in [2.05, 4.69) is 10.6 Å². The summed E-state index contributed by atoms with van der Waals surface area (Å²) in [5.74, 6) is -1.03. The third-order valence-corrected chi connectivity index (χ3v) is 4.63. The molecule has 1 fully saturated rings. The molecule has 0 radical (unpaired) electrons. The van der Waals surface area contributed by atoms with Crippen LogP contribution in [0.2, 0.25) is 0 Å². The lowest BCUT2D eigenvalue weighted by atomic mass is 10.2. The molecule has 1 rings (SSSR count). The van der Waals surface area contributed by atoms with E-state index < -0.39 is 33.9 Å². The molecule has 2 amide bonds. The fraction of sp³-hybridized carbons (Fsp3) is 0.800. The van der Waals surface area contributed by atoms with Crippen LogP contribution in [0.25, 0.3) is 0 Å². The van der Waals surface area contributed by atoms with Crippen molar-refractivity contribution in [2.24, 2.45) is 0 Å². The summed E-state index contributed by atoms with van der Waals surface area (Å²) in [6, 6.07) is -2.02. The smallest absolute Gasteiger partial charge is 0.326 e. The van der Waals surface area contributed by atoms with E-state index in [0.717, 1.165) is 0 Å². The molecule has 3 N–H and O–H groups in total. The Kier molecular flexibility index (Phi) is 4.94. The van der Waals surface area contributed by atoms with Gasteiger partial charge < -0.3 is 15.7 Å². The second-order valence-electron chi connectivity index (χ2n) is 4.37. The first kappa shape index (κ1) is 14.7. The van der Waals surface area contributed by atoms with Crippen LogP contribution in [0.15, 0.2) is 0 Å². The zero-order chi connectivity index (χ0) is 13.8. The topological polar surface area (TPSA) is 113 Å². The van der Waals surface area contributed by atoms with Crippen LogP contribution in [0.3, 0.4) is 0 Å². The quantitative estimate of drug-likeness (QED) is 0.655. The lowest BCUT2D eigenvalue weighted by Crippen LogP contribution is -2.51. The number of carboxylic acids is 1. The summed E-state index contributed by atoms with van der Waals surface area (Å²) in [4.78, 5) is 22.2. The highest BCUT2D eigenvalue weighted by Crippen LogP contribution is 2.11. The van der Waals surface area contributed by atoms with E-state index in [0.29, 0.717) is 12.8 Å². The molecule has 1 aliphatic rings. The second kappa shape index (κ2) is 6.03. The third-order valence-electron chi connectivity index (χ3n) is 2.81. The number of carbonyl (C=O) groups excluding carboxylic acids is 1. The number of urea groups is 1. The Morgan fingerprint density at radius 3 is 2.61 bits per heavy atom. The van der Waals surface area contributed by atoms with Gasteiger partial charge in [-0.1, -0.05) is 6.92 Å². The van der Waals surface area contributed by atoms with Crippen LogP contribution in [-0.4, -0.2) is 49.1 Å². The normalized spacial score (nSPS) is 23.9. The van der Waals surface area contributed by atoms with Gasteiger partial charge in [0.2, 0.25) is 0 Å². The van der Waals surface area contributed by atoms with E-state index in [1.807, 2.05) is 0 Å². The SMILES string of the molecule is CC[C@@H](NC(=O)NC1CCCS(=O)(=O)C1)C(=O)O. The molecular weight excluding hydrogens is 260 g/mol. The highest BCUT2D eigenvalue weighted by atomic mass is 32.2. The van der Waals surface area contributed by atoms with Crippen molar-refractivity contribution in [1.29, 1.82) is 0 Å². The Morgan fingerprint density at radius 1 is 1.44 bits per heavy atom. The van der Waals surface area contributed by atoms with Gasteiger partial charge >= 0.3 is 12.0 Å². The molecule has 18 heavy (non-hydrogen) atoms. The van der Waals surface area contributed by atoms with Gasteiger partial charge in [-0.25, -0.2) is 18.0 Å². The summed E-state index contributed by atoms with van der Waals surface area (Å²) in [7, 11) is -3.09. The largest absolute Gasteiger partial charge is 0.480 e. The predicted octanol–water partition coefficient (Wildman–Crippen LogP) is -0.274. The summed E-state index contributed by atoms with van der Waals surface area (Å²) in [5.41, 5.74) is 0. The minimum Gasteiger partial charge on any atom is -0.480 e. The Morgan fingerprint density at radius 2 is 2.11 bits per heavy atom. The molecule has 0 spiro atoms. The molecule has 0 aromatic rings. The van der Waals surface area contributed by atoms with Gasteiger partial charge in [-0.15, -0.1) is 0 Å². The minimum atomic E-state index is -3.09. The Bertz CT molecular complexity index is 420. The van der Waals surface area contributed by atoms with Crippen molar-refractivity contribution in [3.8, 4) is 0 Å². The van der Waals surface area contributed by atoms with Crippen molar-refractivity contribution in [3.63, 3.8) is 0 Å². The zero-order valence-corrected chi connectivity index (χ0v) is 11.0. The second-order valence-corrected chi connectivity index (χ2v) is 6.60. The summed E-state index contributed by atoms with van der Waals surface area (Å²) in [6.07, 6.45) is 1.38. The molecule has 7 nitrogen and oxygen atoms in total. The van der Waals surface area contributed by atoms with Gasteiger partial charge in [0.05, 0.1) is 11.5 Å². The molecule has 0 saturated carbocycles. The van der Waals surface area contributed by atoms with Crippen molar-refractivity contribution in [2.45, 2.75) is 38.3 Å². The van der Waals surface area contributed by atoms with E-state index in [9.17, 15) is 18.0 Å². The highest BCUT2D eigenvalue weighted by Gasteiger charge is 2.27. The number of aliphatic carboxylic acids is 1. The molecule has 0 aliphatic carbocycles. The molecule has 0 bridgehead atoms. The monoisotopic (exact) mass is 278 g/mol. The van der Waals surface area contributed by atoms with Crippen molar-refractivity contribution >= 4 is 21.8 Å². The molecule has 1 unspecified atom stereocenters. The van der Waals surface area contributed by atoms with Gasteiger partial charge in [0, 0.05) is 6.04 Å². The van der Waals surface area contributed by atoms with Crippen LogP contribution in [0, 0.1) is 0 Å². The van der Waals surface area contributed by atoms with Crippen LogP contribution < -0.4 is 10.6 Å². The molecule has 2 atom stereocenters. The first-order valence-electron chi connectivity index (χ1n) is 5.84. The Labute approximate surface area is 106 Å². The number of rotatable bonds is 4. The molecule has 1 aliphatic heterocycles. The number of carbonyl (C=O) groups is 2. The molecule has 104 valence electrons. The van der Waals surface area contributed by atoms with Gasteiger partial charge in [0.15, 0.2) is 9.84 Å². The van der Waals surface area contributed by atoms with E-state index in [1.165, 1.54) is 0 Å². The average molecular weight is 278 g/mol. The standard InChI is InChI=1S/C10H18N2O5S/c1-2-8(9(13)14)12-10(15)11-7-4-3-5-18(16,17)6-7/h7-8H,2-6H2,1H3,(H,13,14)(H2,11,12,15)/t7?,8-/m1/s1. The molecule has 0 aromatic heterocycles. The summed E-state index contributed by atoms with van der Waals surface area (Å²) in [6.45, 7) is 1.64. The number of hydrogen-bond donors (Lipinski definition) is 3. The van der Waals surface area contributed by atoms with Gasteiger partial charge in [-0.2, -0.15) is 0 Å². The number of hydrogen-bond acceptors (Lipinski definition) is 4. The maximum atomic E-state index is 11.5. The van der Waals surface area contributed by atoms with Crippen molar-refractivity contribution in [1.82, 2.24) is 10.6 Å². The number of nitrogens with one attached hydrogen (secondary N) is 2. The molecule has 8 heteroatoms. The predicted molar refractivity (Wildman–Crippen MR) is 65.1 cm³/mol. The van der Waals surface area contributed by atoms with Crippen molar-refractivity contribution in [3.05, 3.63) is 0 Å². The van der Waals surface area contributed by atoms with Crippen LogP contribution >= 0.6 is 0 Å². The summed E-state index contributed by atoms with van der Waals surface area (Å²) >= 11 is 0. The van der Waals surface area contributed by atoms with E-state index in [4.69, 9.17) is 5.11 Å². The van der Waals surface area contributed by atoms with E-state index >= 15 is 0 Å². The van der Waals surface area contributed by atoms with Crippen LogP contribution in [0.4, 0.5) is 4.79 Å². The maximum Gasteiger partial charge on any atom is 0.326 e. The van der Waals surface area contributed by atoms with Crippen LogP contribution in [0.5, 0.6) is 0 Å². The lowest BCUT2D eigenvalue weighted by Gasteiger charge is -2.24. The maximum absolute atomic E-state index is 11.5. The van der Waals surface area contributed by atoms with Gasteiger partial charge in [-0.05, 0) is 19.3 Å². The third kappa shape index (κ3) is 4.52.